The molecule has 0 radical (unpaired) electrons. The number of nitro groups is 1. The fourth-order valence-electron chi connectivity index (χ4n) is 2.54. The second kappa shape index (κ2) is 7.83. The van der Waals surface area contributed by atoms with E-state index in [2.05, 4.69) is 38.0 Å². The molecule has 0 saturated carbocycles. The van der Waals surface area contributed by atoms with Gasteiger partial charge in [-0.15, -0.1) is 0 Å². The molecule has 6 nitrogen and oxygen atoms in total. The number of hydrogen-bond donors (Lipinski definition) is 2. The van der Waals surface area contributed by atoms with Gasteiger partial charge in [-0.3, -0.25) is 16.0 Å². The minimum atomic E-state index is -0.384. The molecule has 1 rings (SSSR count). The second-order valence-corrected chi connectivity index (χ2v) is 5.66. The van der Waals surface area contributed by atoms with Crippen molar-refractivity contribution in [2.45, 2.75) is 46.6 Å². The Balaban J connectivity index is 3.27. The zero-order valence-corrected chi connectivity index (χ0v) is 13.3. The summed E-state index contributed by atoms with van der Waals surface area (Å²) in [5, 5.41) is 11.1. The molecular weight excluding hydrogens is 268 g/mol. The van der Waals surface area contributed by atoms with Gasteiger partial charge in [-0.2, -0.15) is 0 Å². The minimum Gasteiger partial charge on any atom is -0.368 e. The summed E-state index contributed by atoms with van der Waals surface area (Å²) in [4.78, 5) is 13.0. The van der Waals surface area contributed by atoms with E-state index in [9.17, 15) is 10.1 Å². The molecule has 0 bridgehead atoms. The van der Waals surface area contributed by atoms with Gasteiger partial charge in [0, 0.05) is 30.4 Å². The van der Waals surface area contributed by atoms with E-state index < -0.39 is 0 Å². The quantitative estimate of drug-likeness (QED) is 0.435. The minimum absolute atomic E-state index is 0.0557. The standard InChI is InChI=1S/C15H26N4O2/c1-5-13(6-2)18(10-11(3)4)14-7-12(17-16)8-15(9-14)19(20)21/h7-9,11,13,17H,5-6,10,16H2,1-4H3. The van der Waals surface area contributed by atoms with Gasteiger partial charge in [0.15, 0.2) is 0 Å². The SMILES string of the molecule is CCC(CC)N(CC(C)C)c1cc(NN)cc([N+](=O)[O-])c1. The van der Waals surface area contributed by atoms with Gasteiger partial charge in [0.25, 0.3) is 5.69 Å². The fraction of sp³-hybridized carbons (Fsp3) is 0.600. The Hall–Kier alpha value is -1.82. The van der Waals surface area contributed by atoms with Crippen LogP contribution in [0.3, 0.4) is 0 Å². The van der Waals surface area contributed by atoms with E-state index in [1.807, 2.05) is 6.07 Å². The first-order valence-electron chi connectivity index (χ1n) is 7.45. The summed E-state index contributed by atoms with van der Waals surface area (Å²) in [6.45, 7) is 9.43. The molecule has 6 heteroatoms. The number of non-ortho nitro benzene ring substituents is 1. The number of nitro benzene ring substituents is 1. The largest absolute Gasteiger partial charge is 0.368 e. The van der Waals surface area contributed by atoms with Gasteiger partial charge in [0.05, 0.1) is 10.6 Å². The van der Waals surface area contributed by atoms with Gasteiger partial charge in [-0.1, -0.05) is 27.7 Å². The Bertz CT molecular complexity index is 473. The number of nitrogens with zero attached hydrogens (tertiary/aromatic N) is 2. The van der Waals surface area contributed by atoms with Gasteiger partial charge >= 0.3 is 0 Å². The number of rotatable bonds is 8. The van der Waals surface area contributed by atoms with Crippen LogP contribution < -0.4 is 16.2 Å². The molecule has 0 spiro atoms. The predicted octanol–water partition coefficient (Wildman–Crippen LogP) is 3.53. The molecule has 0 aliphatic carbocycles. The molecule has 3 N–H and O–H groups in total. The molecule has 1 aromatic rings. The number of benzene rings is 1. The van der Waals surface area contributed by atoms with E-state index in [0.717, 1.165) is 25.1 Å². The molecule has 118 valence electrons. The maximum Gasteiger partial charge on any atom is 0.273 e. The van der Waals surface area contributed by atoms with Gasteiger partial charge in [-0.25, -0.2) is 0 Å². The van der Waals surface area contributed by atoms with Crippen LogP contribution in [-0.4, -0.2) is 17.5 Å². The normalized spacial score (nSPS) is 11.0. The summed E-state index contributed by atoms with van der Waals surface area (Å²) in [6.07, 6.45) is 1.99. The maximum absolute atomic E-state index is 11.1. The second-order valence-electron chi connectivity index (χ2n) is 5.66. The molecule has 0 atom stereocenters. The first-order valence-corrected chi connectivity index (χ1v) is 7.45. The van der Waals surface area contributed by atoms with Crippen molar-refractivity contribution in [3.8, 4) is 0 Å². The summed E-state index contributed by atoms with van der Waals surface area (Å²) in [7, 11) is 0. The Labute approximate surface area is 126 Å². The van der Waals surface area contributed by atoms with Crippen molar-refractivity contribution in [2.75, 3.05) is 16.9 Å². The molecule has 0 amide bonds. The molecule has 21 heavy (non-hydrogen) atoms. The van der Waals surface area contributed by atoms with E-state index in [-0.39, 0.29) is 10.6 Å². The summed E-state index contributed by atoms with van der Waals surface area (Å²) >= 11 is 0. The van der Waals surface area contributed by atoms with Crippen molar-refractivity contribution in [3.63, 3.8) is 0 Å². The predicted molar refractivity (Wildman–Crippen MR) is 87.5 cm³/mol. The number of nitrogen functional groups attached to an aromatic ring is 1. The van der Waals surface area contributed by atoms with Gasteiger partial charge < -0.3 is 10.3 Å². The molecule has 0 heterocycles. The highest BCUT2D eigenvalue weighted by atomic mass is 16.6. The van der Waals surface area contributed by atoms with Crippen molar-refractivity contribution in [1.29, 1.82) is 0 Å². The van der Waals surface area contributed by atoms with Gasteiger partial charge in [0.1, 0.15) is 0 Å². The Kier molecular flexibility index (Phi) is 6.42. The molecule has 0 saturated heterocycles. The molecule has 1 aromatic carbocycles. The van der Waals surface area contributed by atoms with Crippen molar-refractivity contribution >= 4 is 17.1 Å². The number of nitrogens with one attached hydrogen (secondary N) is 1. The van der Waals surface area contributed by atoms with E-state index in [4.69, 9.17) is 5.84 Å². The lowest BCUT2D eigenvalue weighted by Gasteiger charge is -2.34. The van der Waals surface area contributed by atoms with Crippen LogP contribution in [0.1, 0.15) is 40.5 Å². The molecule has 0 aliphatic heterocycles. The van der Waals surface area contributed by atoms with E-state index >= 15 is 0 Å². The Morgan fingerprint density at radius 3 is 2.33 bits per heavy atom. The lowest BCUT2D eigenvalue weighted by atomic mass is 10.1. The number of hydrazine groups is 1. The smallest absolute Gasteiger partial charge is 0.273 e. The van der Waals surface area contributed by atoms with Crippen LogP contribution in [0.25, 0.3) is 0 Å². The number of hydrogen-bond acceptors (Lipinski definition) is 5. The molecule has 0 unspecified atom stereocenters. The third-order valence-electron chi connectivity index (χ3n) is 3.56. The fourth-order valence-corrected chi connectivity index (χ4v) is 2.54. The third kappa shape index (κ3) is 4.60. The van der Waals surface area contributed by atoms with E-state index in [1.165, 1.54) is 6.07 Å². The molecule has 0 fully saturated rings. The summed E-state index contributed by atoms with van der Waals surface area (Å²) in [5.41, 5.74) is 3.97. The van der Waals surface area contributed by atoms with Gasteiger partial charge in [0.2, 0.25) is 0 Å². The van der Waals surface area contributed by atoms with Crippen LogP contribution in [0.2, 0.25) is 0 Å². The monoisotopic (exact) mass is 294 g/mol. The topological polar surface area (TPSA) is 84.4 Å². The van der Waals surface area contributed by atoms with Crippen LogP contribution in [0.5, 0.6) is 0 Å². The zero-order chi connectivity index (χ0) is 16.0. The van der Waals surface area contributed by atoms with Gasteiger partial charge in [-0.05, 0) is 24.8 Å². The van der Waals surface area contributed by atoms with E-state index in [1.54, 1.807) is 6.07 Å². The Morgan fingerprint density at radius 2 is 1.90 bits per heavy atom. The number of anilines is 2. The Morgan fingerprint density at radius 1 is 1.29 bits per heavy atom. The molecular formula is C15H26N4O2. The first-order chi connectivity index (χ1) is 9.92. The highest BCUT2D eigenvalue weighted by Crippen LogP contribution is 2.29. The molecule has 0 aromatic heterocycles. The van der Waals surface area contributed by atoms with Crippen LogP contribution in [0.15, 0.2) is 18.2 Å². The third-order valence-corrected chi connectivity index (χ3v) is 3.56. The zero-order valence-electron chi connectivity index (χ0n) is 13.3. The lowest BCUT2D eigenvalue weighted by Crippen LogP contribution is -2.37. The van der Waals surface area contributed by atoms with E-state index in [0.29, 0.717) is 17.6 Å². The summed E-state index contributed by atoms with van der Waals surface area (Å²) in [5.74, 6) is 5.91. The van der Waals surface area contributed by atoms with Crippen LogP contribution in [0, 0.1) is 16.0 Å². The summed E-state index contributed by atoms with van der Waals surface area (Å²) in [6, 6.07) is 5.30. The lowest BCUT2D eigenvalue weighted by molar-refractivity contribution is -0.384. The highest BCUT2D eigenvalue weighted by Gasteiger charge is 2.20. The van der Waals surface area contributed by atoms with Crippen LogP contribution in [0.4, 0.5) is 17.1 Å². The average Bonchev–Trinajstić information content (AvgIpc) is 2.46. The van der Waals surface area contributed by atoms with Crippen LogP contribution in [-0.2, 0) is 0 Å². The van der Waals surface area contributed by atoms with Crippen LogP contribution >= 0.6 is 0 Å². The van der Waals surface area contributed by atoms with Crippen molar-refractivity contribution in [2.24, 2.45) is 11.8 Å². The highest BCUT2D eigenvalue weighted by molar-refractivity contribution is 5.64. The van der Waals surface area contributed by atoms with Crippen molar-refractivity contribution < 1.29 is 4.92 Å². The summed E-state index contributed by atoms with van der Waals surface area (Å²) < 4.78 is 0. The maximum atomic E-state index is 11.1. The number of nitrogens with two attached hydrogens (primary N) is 1. The van der Waals surface area contributed by atoms with Crippen molar-refractivity contribution in [1.82, 2.24) is 0 Å². The molecule has 0 aliphatic rings. The van der Waals surface area contributed by atoms with Crippen molar-refractivity contribution in [3.05, 3.63) is 28.3 Å². The first kappa shape index (κ1) is 17.2. The average molecular weight is 294 g/mol.